The first kappa shape index (κ1) is 23.4. The summed E-state index contributed by atoms with van der Waals surface area (Å²) in [5.41, 5.74) is 8.31. The normalized spacial score (nSPS) is 15.3. The number of nitrogen functional groups attached to an aromatic ring is 1. The van der Waals surface area contributed by atoms with E-state index in [9.17, 15) is 18.7 Å². The van der Waals surface area contributed by atoms with Gasteiger partial charge in [0, 0.05) is 43.1 Å². The minimum atomic E-state index is -0.703. The van der Waals surface area contributed by atoms with E-state index in [1.54, 1.807) is 36.2 Å². The number of pyridine rings is 1. The number of nitrogens with two attached hydrogens (primary N) is 1. The number of rotatable bonds is 7. The van der Waals surface area contributed by atoms with Gasteiger partial charge in [0.15, 0.2) is 0 Å². The molecule has 0 saturated carbocycles. The van der Waals surface area contributed by atoms with Gasteiger partial charge < -0.3 is 25.8 Å². The number of anilines is 3. The van der Waals surface area contributed by atoms with Crippen LogP contribution < -0.4 is 16.0 Å². The van der Waals surface area contributed by atoms with Crippen molar-refractivity contribution in [3.63, 3.8) is 0 Å². The zero-order valence-corrected chi connectivity index (χ0v) is 18.7. The van der Waals surface area contributed by atoms with Gasteiger partial charge in [0.05, 0.1) is 23.9 Å². The number of nitrogens with zero attached hydrogens (tertiary/aromatic N) is 2. The Morgan fingerprint density at radius 1 is 1.24 bits per heavy atom. The predicted molar refractivity (Wildman–Crippen MR) is 126 cm³/mol. The lowest BCUT2D eigenvalue weighted by molar-refractivity contribution is -0.123. The van der Waals surface area contributed by atoms with E-state index in [2.05, 4.69) is 10.3 Å². The Morgan fingerprint density at radius 2 is 2.06 bits per heavy atom. The molecule has 34 heavy (non-hydrogen) atoms. The molecule has 0 aliphatic carbocycles. The van der Waals surface area contributed by atoms with Crippen LogP contribution in [-0.2, 0) is 16.1 Å². The SMILES string of the molecule is CN(c1ccc(O)c(-c2ccc(CNC(=O)CC3CCCO3)c(N)n2)c1)c1ccc(F)cc1F. The van der Waals surface area contributed by atoms with Crippen LogP contribution in [0.25, 0.3) is 11.3 Å². The summed E-state index contributed by atoms with van der Waals surface area (Å²) < 4.78 is 33.0. The smallest absolute Gasteiger partial charge is 0.222 e. The van der Waals surface area contributed by atoms with Crippen molar-refractivity contribution >= 4 is 23.1 Å². The highest BCUT2D eigenvalue weighted by molar-refractivity contribution is 5.77. The van der Waals surface area contributed by atoms with Crippen LogP contribution in [0.2, 0.25) is 0 Å². The number of hydrogen-bond acceptors (Lipinski definition) is 6. The fraction of sp³-hybridized carbons (Fsp3) is 0.280. The minimum absolute atomic E-state index is 0.0266. The summed E-state index contributed by atoms with van der Waals surface area (Å²) in [4.78, 5) is 18.1. The van der Waals surface area contributed by atoms with E-state index in [-0.39, 0.29) is 35.8 Å². The number of halogens is 2. The highest BCUT2D eigenvalue weighted by Crippen LogP contribution is 2.35. The number of nitrogens with one attached hydrogen (secondary N) is 1. The van der Waals surface area contributed by atoms with Crippen molar-refractivity contribution in [3.05, 3.63) is 65.7 Å². The Balaban J connectivity index is 1.50. The number of carbonyl (C=O) groups is 1. The fourth-order valence-corrected chi connectivity index (χ4v) is 3.91. The third kappa shape index (κ3) is 5.26. The van der Waals surface area contributed by atoms with Gasteiger partial charge >= 0.3 is 0 Å². The number of phenols is 1. The summed E-state index contributed by atoms with van der Waals surface area (Å²) in [6.45, 7) is 0.919. The molecular weight excluding hydrogens is 442 g/mol. The highest BCUT2D eigenvalue weighted by Gasteiger charge is 2.19. The van der Waals surface area contributed by atoms with Crippen molar-refractivity contribution in [1.29, 1.82) is 0 Å². The fourth-order valence-electron chi connectivity index (χ4n) is 3.91. The number of phenolic OH excluding ortho intramolecular Hbond substituents is 1. The van der Waals surface area contributed by atoms with Crippen LogP contribution in [0.1, 0.15) is 24.8 Å². The second kappa shape index (κ2) is 10.0. The molecule has 0 radical (unpaired) electrons. The molecule has 3 aromatic rings. The number of ether oxygens (including phenoxy) is 1. The Bertz CT molecular complexity index is 1200. The van der Waals surface area contributed by atoms with E-state index in [0.29, 0.717) is 35.5 Å². The van der Waals surface area contributed by atoms with Crippen LogP contribution >= 0.6 is 0 Å². The van der Waals surface area contributed by atoms with Gasteiger partial charge in [0.25, 0.3) is 0 Å². The van der Waals surface area contributed by atoms with E-state index in [1.807, 2.05) is 0 Å². The lowest BCUT2D eigenvalue weighted by Crippen LogP contribution is -2.27. The maximum atomic E-state index is 14.2. The second-order valence-corrected chi connectivity index (χ2v) is 8.21. The number of aromatic hydroxyl groups is 1. The maximum absolute atomic E-state index is 14.2. The number of amides is 1. The molecule has 1 fully saturated rings. The van der Waals surface area contributed by atoms with E-state index >= 15 is 0 Å². The van der Waals surface area contributed by atoms with Gasteiger partial charge in [-0.2, -0.15) is 0 Å². The topological polar surface area (TPSA) is 101 Å². The van der Waals surface area contributed by atoms with Crippen molar-refractivity contribution < 1.29 is 23.4 Å². The van der Waals surface area contributed by atoms with Crippen LogP contribution in [0, 0.1) is 11.6 Å². The van der Waals surface area contributed by atoms with Gasteiger partial charge in [0.1, 0.15) is 23.2 Å². The standard InChI is InChI=1S/C25H26F2N4O3/c1-31(22-8-5-16(26)11-20(22)27)17-6-9-23(32)19(12-17)21-7-4-15(25(28)30-21)14-29-24(33)13-18-3-2-10-34-18/h4-9,11-12,18,32H,2-3,10,13-14H2,1H3,(H2,28,30)(H,29,33). The van der Waals surface area contributed by atoms with Gasteiger partial charge in [-0.1, -0.05) is 6.07 Å². The van der Waals surface area contributed by atoms with Crippen LogP contribution in [0.3, 0.4) is 0 Å². The highest BCUT2D eigenvalue weighted by atomic mass is 19.1. The van der Waals surface area contributed by atoms with Gasteiger partial charge in [0.2, 0.25) is 5.91 Å². The number of carbonyl (C=O) groups excluding carboxylic acids is 1. The molecule has 4 N–H and O–H groups in total. The average molecular weight is 469 g/mol. The van der Waals surface area contributed by atoms with E-state index in [4.69, 9.17) is 10.5 Å². The number of aromatic nitrogens is 1. The molecule has 9 heteroatoms. The molecule has 1 unspecified atom stereocenters. The molecule has 1 atom stereocenters. The summed E-state index contributed by atoms with van der Waals surface area (Å²) in [6, 6.07) is 11.5. The molecule has 0 spiro atoms. The van der Waals surface area contributed by atoms with Gasteiger partial charge in [-0.15, -0.1) is 0 Å². The Morgan fingerprint density at radius 3 is 2.76 bits per heavy atom. The second-order valence-electron chi connectivity index (χ2n) is 8.21. The lowest BCUT2D eigenvalue weighted by atomic mass is 10.1. The Kier molecular flexibility index (Phi) is 6.93. The van der Waals surface area contributed by atoms with Crippen molar-refractivity contribution in [1.82, 2.24) is 10.3 Å². The summed E-state index contributed by atoms with van der Waals surface area (Å²) in [5.74, 6) is -1.29. The molecule has 178 valence electrons. The summed E-state index contributed by atoms with van der Waals surface area (Å²) in [7, 11) is 1.64. The molecule has 1 aliphatic rings. The summed E-state index contributed by atoms with van der Waals surface area (Å²) in [5, 5.41) is 13.2. The molecule has 1 aromatic heterocycles. The Hall–Kier alpha value is -3.72. The molecule has 1 amide bonds. The van der Waals surface area contributed by atoms with Crippen molar-refractivity contribution in [2.45, 2.75) is 31.9 Å². The minimum Gasteiger partial charge on any atom is -0.507 e. The first-order valence-corrected chi connectivity index (χ1v) is 11.0. The molecular formula is C25H26F2N4O3. The van der Waals surface area contributed by atoms with E-state index in [0.717, 1.165) is 18.9 Å². The molecule has 2 aromatic carbocycles. The van der Waals surface area contributed by atoms with Crippen LogP contribution in [0.5, 0.6) is 5.75 Å². The van der Waals surface area contributed by atoms with Gasteiger partial charge in [-0.3, -0.25) is 4.79 Å². The first-order valence-electron chi connectivity index (χ1n) is 11.0. The first-order chi connectivity index (χ1) is 16.3. The van der Waals surface area contributed by atoms with Crippen molar-refractivity contribution in [2.24, 2.45) is 0 Å². The quantitative estimate of drug-likeness (QED) is 0.479. The number of benzene rings is 2. The zero-order valence-electron chi connectivity index (χ0n) is 18.7. The molecule has 2 heterocycles. The van der Waals surface area contributed by atoms with Gasteiger partial charge in [-0.05, 0) is 49.2 Å². The molecule has 1 aliphatic heterocycles. The Labute approximate surface area is 196 Å². The lowest BCUT2D eigenvalue weighted by Gasteiger charge is -2.21. The average Bonchev–Trinajstić information content (AvgIpc) is 3.31. The molecule has 4 rings (SSSR count). The number of hydrogen-bond donors (Lipinski definition) is 3. The van der Waals surface area contributed by atoms with Crippen LogP contribution in [0.4, 0.5) is 26.0 Å². The maximum Gasteiger partial charge on any atom is 0.222 e. The predicted octanol–water partition coefficient (Wildman–Crippen LogP) is 4.27. The van der Waals surface area contributed by atoms with Crippen molar-refractivity contribution in [3.8, 4) is 17.0 Å². The molecule has 1 saturated heterocycles. The monoisotopic (exact) mass is 468 g/mol. The van der Waals surface area contributed by atoms with E-state index in [1.165, 1.54) is 18.2 Å². The largest absolute Gasteiger partial charge is 0.507 e. The summed E-state index contributed by atoms with van der Waals surface area (Å²) >= 11 is 0. The summed E-state index contributed by atoms with van der Waals surface area (Å²) in [6.07, 6.45) is 2.14. The third-order valence-electron chi connectivity index (χ3n) is 5.84. The van der Waals surface area contributed by atoms with Crippen LogP contribution in [0.15, 0.2) is 48.5 Å². The zero-order chi connectivity index (χ0) is 24.2. The third-order valence-corrected chi connectivity index (χ3v) is 5.84. The van der Waals surface area contributed by atoms with Crippen LogP contribution in [-0.4, -0.2) is 35.8 Å². The molecule has 7 nitrogen and oxygen atoms in total. The molecule has 0 bridgehead atoms. The van der Waals surface area contributed by atoms with Crippen molar-refractivity contribution in [2.75, 3.05) is 24.3 Å². The van der Waals surface area contributed by atoms with E-state index < -0.39 is 11.6 Å². The van der Waals surface area contributed by atoms with Gasteiger partial charge in [-0.25, -0.2) is 13.8 Å².